The standard InChI is InChI=1S/C23H11F5O5/c24-17-18(25)20(27)23(21(28)19(17)26)32-10-16(29)33-12-6-7-13-15(8-12)31-9-14(22(13)30)11-4-2-1-3-5-11/h1-9H,10H2. The molecule has 3 aromatic carbocycles. The summed E-state index contributed by atoms with van der Waals surface area (Å²) >= 11 is 0. The Balaban J connectivity index is 1.52. The van der Waals surface area contributed by atoms with Crippen molar-refractivity contribution in [3.05, 3.63) is 94.1 Å². The van der Waals surface area contributed by atoms with Crippen LogP contribution in [-0.2, 0) is 4.79 Å². The third kappa shape index (κ3) is 4.14. The minimum Gasteiger partial charge on any atom is -0.476 e. The van der Waals surface area contributed by atoms with Crippen LogP contribution in [0.4, 0.5) is 22.0 Å². The first-order chi connectivity index (χ1) is 15.8. The fraction of sp³-hybridized carbons (Fsp3) is 0.0435. The van der Waals surface area contributed by atoms with E-state index in [4.69, 9.17) is 9.15 Å². The van der Waals surface area contributed by atoms with Gasteiger partial charge in [0, 0.05) is 6.07 Å². The molecule has 4 rings (SSSR count). The molecule has 0 spiro atoms. The second-order valence-corrected chi connectivity index (χ2v) is 6.66. The van der Waals surface area contributed by atoms with Gasteiger partial charge < -0.3 is 13.9 Å². The van der Waals surface area contributed by atoms with Crippen LogP contribution in [0.2, 0.25) is 0 Å². The van der Waals surface area contributed by atoms with Crippen LogP contribution in [0.3, 0.4) is 0 Å². The zero-order chi connectivity index (χ0) is 23.7. The third-order valence-corrected chi connectivity index (χ3v) is 4.57. The number of hydrogen-bond acceptors (Lipinski definition) is 5. The number of esters is 1. The number of ether oxygens (including phenoxy) is 2. The molecule has 0 radical (unpaired) electrons. The summed E-state index contributed by atoms with van der Waals surface area (Å²) in [6.45, 7) is -1.16. The molecule has 0 saturated carbocycles. The van der Waals surface area contributed by atoms with Gasteiger partial charge in [-0.3, -0.25) is 4.79 Å². The number of fused-ring (bicyclic) bond motifs is 1. The Labute approximate surface area is 181 Å². The van der Waals surface area contributed by atoms with Gasteiger partial charge in [0.2, 0.25) is 29.1 Å². The number of benzene rings is 3. The molecule has 0 atom stereocenters. The number of rotatable bonds is 5. The molecule has 0 bridgehead atoms. The number of carbonyl (C=O) groups excluding carboxylic acids is 1. The van der Waals surface area contributed by atoms with E-state index >= 15 is 0 Å². The molecule has 33 heavy (non-hydrogen) atoms. The lowest BCUT2D eigenvalue weighted by atomic mass is 10.1. The second-order valence-electron chi connectivity index (χ2n) is 6.66. The Morgan fingerprint density at radius 2 is 1.48 bits per heavy atom. The van der Waals surface area contributed by atoms with E-state index in [9.17, 15) is 31.5 Å². The molecule has 4 aromatic rings. The molecule has 0 N–H and O–H groups in total. The monoisotopic (exact) mass is 462 g/mol. The zero-order valence-electron chi connectivity index (χ0n) is 16.3. The van der Waals surface area contributed by atoms with Crippen LogP contribution in [0.25, 0.3) is 22.1 Å². The van der Waals surface area contributed by atoms with Crippen molar-refractivity contribution in [2.75, 3.05) is 6.61 Å². The van der Waals surface area contributed by atoms with E-state index in [0.717, 1.165) is 0 Å². The summed E-state index contributed by atoms with van der Waals surface area (Å²) < 4.78 is 81.5. The first-order valence-electron chi connectivity index (χ1n) is 9.23. The van der Waals surface area contributed by atoms with Gasteiger partial charge in [-0.2, -0.15) is 8.78 Å². The van der Waals surface area contributed by atoms with E-state index in [1.165, 1.54) is 24.5 Å². The Hall–Kier alpha value is -4.21. The van der Waals surface area contributed by atoms with Gasteiger partial charge in [-0.15, -0.1) is 0 Å². The summed E-state index contributed by atoms with van der Waals surface area (Å²) in [6.07, 6.45) is 1.25. The summed E-state index contributed by atoms with van der Waals surface area (Å²) in [4.78, 5) is 24.7. The molecule has 1 aromatic heterocycles. The highest BCUT2D eigenvalue weighted by Crippen LogP contribution is 2.29. The van der Waals surface area contributed by atoms with Gasteiger partial charge in [-0.1, -0.05) is 30.3 Å². The number of halogens is 5. The maximum atomic E-state index is 13.6. The van der Waals surface area contributed by atoms with E-state index in [1.54, 1.807) is 30.3 Å². The minimum absolute atomic E-state index is 0.0886. The lowest BCUT2D eigenvalue weighted by Gasteiger charge is -2.10. The largest absolute Gasteiger partial charge is 0.476 e. The average Bonchev–Trinajstić information content (AvgIpc) is 2.82. The molecule has 0 aliphatic heterocycles. The Kier molecular flexibility index (Phi) is 5.82. The predicted molar refractivity (Wildman–Crippen MR) is 105 cm³/mol. The van der Waals surface area contributed by atoms with Gasteiger partial charge in [-0.25, -0.2) is 18.0 Å². The Morgan fingerprint density at radius 1 is 0.848 bits per heavy atom. The highest BCUT2D eigenvalue weighted by atomic mass is 19.2. The predicted octanol–water partition coefficient (Wildman–Crippen LogP) is 5.14. The lowest BCUT2D eigenvalue weighted by Crippen LogP contribution is -2.19. The van der Waals surface area contributed by atoms with Crippen molar-refractivity contribution >= 4 is 16.9 Å². The second kappa shape index (κ2) is 8.73. The molecule has 10 heteroatoms. The molecule has 0 aliphatic carbocycles. The molecule has 0 amide bonds. The molecule has 0 fully saturated rings. The normalized spacial score (nSPS) is 10.9. The molecular weight excluding hydrogens is 451 g/mol. The quantitative estimate of drug-likeness (QED) is 0.135. The molecular formula is C23H11F5O5. The summed E-state index contributed by atoms with van der Waals surface area (Å²) in [5.74, 6) is -14.1. The van der Waals surface area contributed by atoms with Crippen LogP contribution in [-0.4, -0.2) is 12.6 Å². The first kappa shape index (κ1) is 22.0. The van der Waals surface area contributed by atoms with Gasteiger partial charge in [0.15, 0.2) is 17.8 Å². The molecule has 1 heterocycles. The van der Waals surface area contributed by atoms with E-state index in [2.05, 4.69) is 4.74 Å². The van der Waals surface area contributed by atoms with E-state index in [1.807, 2.05) is 0 Å². The first-order valence-corrected chi connectivity index (χ1v) is 9.23. The van der Waals surface area contributed by atoms with Crippen molar-refractivity contribution in [1.82, 2.24) is 0 Å². The summed E-state index contributed by atoms with van der Waals surface area (Å²) in [6, 6.07) is 12.6. The van der Waals surface area contributed by atoms with Gasteiger partial charge in [0.05, 0.1) is 10.9 Å². The topological polar surface area (TPSA) is 65.7 Å². The fourth-order valence-electron chi connectivity index (χ4n) is 2.99. The van der Waals surface area contributed by atoms with Gasteiger partial charge in [-0.05, 0) is 17.7 Å². The van der Waals surface area contributed by atoms with Gasteiger partial charge in [0.25, 0.3) is 0 Å². The number of carbonyl (C=O) groups is 1. The molecule has 0 aliphatic rings. The van der Waals surface area contributed by atoms with Crippen LogP contribution in [0, 0.1) is 29.1 Å². The van der Waals surface area contributed by atoms with Gasteiger partial charge in [0.1, 0.15) is 17.6 Å². The highest BCUT2D eigenvalue weighted by Gasteiger charge is 2.27. The summed E-state index contributed by atoms with van der Waals surface area (Å²) in [7, 11) is 0. The van der Waals surface area contributed by atoms with E-state index < -0.39 is 47.4 Å². The van der Waals surface area contributed by atoms with Crippen molar-refractivity contribution in [1.29, 1.82) is 0 Å². The Bertz CT molecular complexity index is 1400. The van der Waals surface area contributed by atoms with Crippen LogP contribution < -0.4 is 14.9 Å². The van der Waals surface area contributed by atoms with Crippen molar-refractivity contribution in [3.8, 4) is 22.6 Å². The highest BCUT2D eigenvalue weighted by molar-refractivity contribution is 5.83. The minimum atomic E-state index is -2.35. The molecule has 168 valence electrons. The van der Waals surface area contributed by atoms with Crippen molar-refractivity contribution in [3.63, 3.8) is 0 Å². The lowest BCUT2D eigenvalue weighted by molar-refractivity contribution is -0.136. The van der Waals surface area contributed by atoms with Crippen LogP contribution in [0.1, 0.15) is 0 Å². The van der Waals surface area contributed by atoms with Crippen LogP contribution >= 0.6 is 0 Å². The molecule has 0 saturated heterocycles. The van der Waals surface area contributed by atoms with Gasteiger partial charge >= 0.3 is 5.97 Å². The maximum Gasteiger partial charge on any atom is 0.349 e. The van der Waals surface area contributed by atoms with Crippen molar-refractivity contribution in [2.24, 2.45) is 0 Å². The van der Waals surface area contributed by atoms with Crippen LogP contribution in [0.5, 0.6) is 11.5 Å². The maximum absolute atomic E-state index is 13.6. The third-order valence-electron chi connectivity index (χ3n) is 4.57. The number of hydrogen-bond donors (Lipinski definition) is 0. The average molecular weight is 462 g/mol. The SMILES string of the molecule is O=C(COc1c(F)c(F)c(F)c(F)c1F)Oc1ccc2c(=O)c(-c3ccccc3)coc2c1. The molecule has 5 nitrogen and oxygen atoms in total. The van der Waals surface area contributed by atoms with Crippen molar-refractivity contribution < 1.29 is 40.6 Å². The smallest absolute Gasteiger partial charge is 0.349 e. The summed E-state index contributed by atoms with van der Waals surface area (Å²) in [5, 5.41) is 0.203. The van der Waals surface area contributed by atoms with E-state index in [0.29, 0.717) is 11.1 Å². The molecule has 0 unspecified atom stereocenters. The van der Waals surface area contributed by atoms with Crippen molar-refractivity contribution in [2.45, 2.75) is 0 Å². The zero-order valence-corrected chi connectivity index (χ0v) is 16.3. The van der Waals surface area contributed by atoms with Crippen LogP contribution in [0.15, 0.2) is 64.0 Å². The fourth-order valence-corrected chi connectivity index (χ4v) is 2.99. The van der Waals surface area contributed by atoms with E-state index in [-0.39, 0.29) is 22.1 Å². The summed E-state index contributed by atoms with van der Waals surface area (Å²) in [5.41, 5.74) is 0.735. The Morgan fingerprint density at radius 3 is 2.15 bits per heavy atom.